The van der Waals surface area contributed by atoms with E-state index in [9.17, 15) is 0 Å². The first-order valence-corrected chi connectivity index (χ1v) is 9.16. The average molecular weight is 326 g/mol. The van der Waals surface area contributed by atoms with Gasteiger partial charge in [0.05, 0.1) is 12.2 Å². The fourth-order valence-corrected chi connectivity index (χ4v) is 3.08. The Labute approximate surface area is 146 Å². The molecule has 2 aromatic carbocycles. The van der Waals surface area contributed by atoms with E-state index < -0.39 is 0 Å². The third-order valence-electron chi connectivity index (χ3n) is 4.38. The van der Waals surface area contributed by atoms with E-state index in [-0.39, 0.29) is 12.2 Å². The van der Waals surface area contributed by atoms with Gasteiger partial charge in [-0.25, -0.2) is 0 Å². The highest BCUT2D eigenvalue weighted by Crippen LogP contribution is 2.27. The van der Waals surface area contributed by atoms with Crippen molar-refractivity contribution in [3.63, 3.8) is 0 Å². The van der Waals surface area contributed by atoms with Crippen LogP contribution in [0.5, 0.6) is 0 Å². The van der Waals surface area contributed by atoms with Crippen LogP contribution in [0.3, 0.4) is 0 Å². The molecule has 0 heterocycles. The Balaban J connectivity index is 2.14. The van der Waals surface area contributed by atoms with Crippen LogP contribution < -0.4 is 0 Å². The van der Waals surface area contributed by atoms with E-state index in [0.29, 0.717) is 0 Å². The topological polar surface area (TPSA) is 18.5 Å². The van der Waals surface area contributed by atoms with Gasteiger partial charge in [-0.2, -0.15) is 0 Å². The van der Waals surface area contributed by atoms with Crippen LogP contribution in [-0.4, -0.2) is 13.2 Å². The van der Waals surface area contributed by atoms with Gasteiger partial charge in [0.25, 0.3) is 0 Å². The maximum Gasteiger partial charge on any atom is 0.0822 e. The van der Waals surface area contributed by atoms with Crippen molar-refractivity contribution in [3.05, 3.63) is 59.7 Å². The van der Waals surface area contributed by atoms with E-state index in [1.165, 1.54) is 22.3 Å². The van der Waals surface area contributed by atoms with Gasteiger partial charge in [-0.1, -0.05) is 62.4 Å². The van der Waals surface area contributed by atoms with Crippen LogP contribution in [0, 0.1) is 0 Å². The third-order valence-corrected chi connectivity index (χ3v) is 4.38. The first-order valence-electron chi connectivity index (χ1n) is 9.16. The zero-order chi connectivity index (χ0) is 17.4. The SMILES string of the molecule is CCOC(CC)c1ccc(-c2ccc(C(CC)OCC)cc2)cc1. The Hall–Kier alpha value is -1.64. The minimum Gasteiger partial charge on any atom is -0.374 e. The second-order valence-corrected chi connectivity index (χ2v) is 5.95. The number of benzene rings is 2. The lowest BCUT2D eigenvalue weighted by molar-refractivity contribution is 0.0597. The summed E-state index contributed by atoms with van der Waals surface area (Å²) in [6.07, 6.45) is 2.39. The minimum atomic E-state index is 0.197. The predicted octanol–water partition coefficient (Wildman–Crippen LogP) is 6.33. The van der Waals surface area contributed by atoms with Gasteiger partial charge in [0.15, 0.2) is 0 Å². The monoisotopic (exact) mass is 326 g/mol. The summed E-state index contributed by atoms with van der Waals surface area (Å²) in [6, 6.07) is 17.5. The molecule has 2 unspecified atom stereocenters. The molecule has 0 saturated heterocycles. The quantitative estimate of drug-likeness (QED) is 0.536. The van der Waals surface area contributed by atoms with Crippen LogP contribution in [0.4, 0.5) is 0 Å². The first-order chi connectivity index (χ1) is 11.7. The molecule has 0 aliphatic heterocycles. The van der Waals surface area contributed by atoms with Crippen molar-refractivity contribution >= 4 is 0 Å². The highest BCUT2D eigenvalue weighted by molar-refractivity contribution is 5.64. The Kier molecular flexibility index (Phi) is 7.48. The summed E-state index contributed by atoms with van der Waals surface area (Å²) in [5.74, 6) is 0. The Morgan fingerprint density at radius 3 is 1.17 bits per heavy atom. The molecular formula is C22H30O2. The van der Waals surface area contributed by atoms with Crippen molar-refractivity contribution in [1.82, 2.24) is 0 Å². The molecule has 2 aromatic rings. The molecule has 0 radical (unpaired) electrons. The van der Waals surface area contributed by atoms with Crippen LogP contribution in [0.1, 0.15) is 63.9 Å². The Bertz CT molecular complexity index is 531. The van der Waals surface area contributed by atoms with Crippen molar-refractivity contribution < 1.29 is 9.47 Å². The molecule has 0 spiro atoms. The van der Waals surface area contributed by atoms with E-state index in [0.717, 1.165) is 26.1 Å². The molecule has 2 nitrogen and oxygen atoms in total. The average Bonchev–Trinajstić information content (AvgIpc) is 2.64. The second kappa shape index (κ2) is 9.61. The van der Waals surface area contributed by atoms with Crippen LogP contribution in [-0.2, 0) is 9.47 Å². The summed E-state index contributed by atoms with van der Waals surface area (Å²) < 4.78 is 11.6. The Morgan fingerprint density at radius 2 is 0.917 bits per heavy atom. The lowest BCUT2D eigenvalue weighted by atomic mass is 9.98. The molecule has 0 aliphatic rings. The molecule has 0 aromatic heterocycles. The van der Waals surface area contributed by atoms with Crippen LogP contribution in [0.2, 0.25) is 0 Å². The lowest BCUT2D eigenvalue weighted by Gasteiger charge is -2.17. The van der Waals surface area contributed by atoms with Gasteiger partial charge in [0.2, 0.25) is 0 Å². The smallest absolute Gasteiger partial charge is 0.0822 e. The molecule has 2 atom stereocenters. The van der Waals surface area contributed by atoms with Gasteiger partial charge in [-0.3, -0.25) is 0 Å². The van der Waals surface area contributed by atoms with E-state index >= 15 is 0 Å². The maximum atomic E-state index is 5.79. The molecule has 0 aliphatic carbocycles. The summed E-state index contributed by atoms with van der Waals surface area (Å²) >= 11 is 0. The van der Waals surface area contributed by atoms with Crippen molar-refractivity contribution in [1.29, 1.82) is 0 Å². The Morgan fingerprint density at radius 1 is 0.583 bits per heavy atom. The summed E-state index contributed by atoms with van der Waals surface area (Å²) in [5, 5.41) is 0. The standard InChI is InChI=1S/C22H30O2/c1-5-21(23-7-3)19-13-9-17(10-14-19)18-11-15-20(16-12-18)22(6-2)24-8-4/h9-16,21-22H,5-8H2,1-4H3. The lowest BCUT2D eigenvalue weighted by Crippen LogP contribution is -2.03. The fourth-order valence-electron chi connectivity index (χ4n) is 3.08. The van der Waals surface area contributed by atoms with E-state index in [2.05, 4.69) is 62.4 Å². The van der Waals surface area contributed by atoms with Crippen molar-refractivity contribution in [3.8, 4) is 11.1 Å². The zero-order valence-corrected chi connectivity index (χ0v) is 15.4. The van der Waals surface area contributed by atoms with Crippen LogP contribution in [0.25, 0.3) is 11.1 Å². The molecular weight excluding hydrogens is 296 g/mol. The fraction of sp³-hybridized carbons (Fsp3) is 0.455. The number of ether oxygens (including phenoxy) is 2. The molecule has 0 fully saturated rings. The number of rotatable bonds is 9. The van der Waals surface area contributed by atoms with Crippen molar-refractivity contribution in [2.75, 3.05) is 13.2 Å². The normalized spacial score (nSPS) is 13.7. The molecule has 0 saturated carbocycles. The summed E-state index contributed by atoms with van der Waals surface area (Å²) in [7, 11) is 0. The van der Waals surface area contributed by atoms with E-state index in [4.69, 9.17) is 9.47 Å². The van der Waals surface area contributed by atoms with Gasteiger partial charge in [0, 0.05) is 13.2 Å². The summed E-state index contributed by atoms with van der Waals surface area (Å²) in [5.41, 5.74) is 4.98. The molecule has 130 valence electrons. The van der Waals surface area contributed by atoms with Crippen molar-refractivity contribution in [2.24, 2.45) is 0 Å². The predicted molar refractivity (Wildman–Crippen MR) is 101 cm³/mol. The first kappa shape index (κ1) is 18.7. The zero-order valence-electron chi connectivity index (χ0n) is 15.4. The summed E-state index contributed by atoms with van der Waals surface area (Å²) in [4.78, 5) is 0. The molecule has 2 heteroatoms. The number of hydrogen-bond acceptors (Lipinski definition) is 2. The van der Waals surface area contributed by atoms with Gasteiger partial charge >= 0.3 is 0 Å². The highest BCUT2D eigenvalue weighted by Gasteiger charge is 2.10. The van der Waals surface area contributed by atoms with Crippen molar-refractivity contribution in [2.45, 2.75) is 52.7 Å². The van der Waals surface area contributed by atoms with Crippen LogP contribution >= 0.6 is 0 Å². The van der Waals surface area contributed by atoms with Crippen LogP contribution in [0.15, 0.2) is 48.5 Å². The maximum absolute atomic E-state index is 5.79. The van der Waals surface area contributed by atoms with Gasteiger partial charge in [-0.15, -0.1) is 0 Å². The largest absolute Gasteiger partial charge is 0.374 e. The van der Waals surface area contributed by atoms with Gasteiger partial charge < -0.3 is 9.47 Å². The second-order valence-electron chi connectivity index (χ2n) is 5.95. The van der Waals surface area contributed by atoms with E-state index in [1.807, 2.05) is 13.8 Å². The third kappa shape index (κ3) is 4.68. The van der Waals surface area contributed by atoms with E-state index in [1.54, 1.807) is 0 Å². The minimum absolute atomic E-state index is 0.197. The molecule has 0 amide bonds. The van der Waals surface area contributed by atoms with Gasteiger partial charge in [-0.05, 0) is 48.9 Å². The molecule has 0 bridgehead atoms. The molecule has 0 N–H and O–H groups in total. The number of hydrogen-bond donors (Lipinski definition) is 0. The highest BCUT2D eigenvalue weighted by atomic mass is 16.5. The van der Waals surface area contributed by atoms with Gasteiger partial charge in [0.1, 0.15) is 0 Å². The molecule has 24 heavy (non-hydrogen) atoms. The molecule has 2 rings (SSSR count). The summed E-state index contributed by atoms with van der Waals surface area (Å²) in [6.45, 7) is 9.92.